The summed E-state index contributed by atoms with van der Waals surface area (Å²) in [7, 11) is 0. The van der Waals surface area contributed by atoms with Crippen molar-refractivity contribution < 1.29 is 13.2 Å². The zero-order valence-electron chi connectivity index (χ0n) is 9.18. The lowest BCUT2D eigenvalue weighted by atomic mass is 9.90. The first kappa shape index (κ1) is 12.5. The maximum Gasteiger partial charge on any atom is 0.433 e. The van der Waals surface area contributed by atoms with E-state index in [0.29, 0.717) is 5.56 Å². The molecule has 1 aromatic heterocycles. The fourth-order valence-electron chi connectivity index (χ4n) is 1.19. The number of hydrogen-bond acceptors (Lipinski definition) is 2. The summed E-state index contributed by atoms with van der Waals surface area (Å²) in [4.78, 5) is 3.50. The number of rotatable bonds is 1. The average Bonchev–Trinajstić information content (AvgIpc) is 2.15. The molecule has 0 atom stereocenters. The molecule has 1 rings (SSSR count). The van der Waals surface area contributed by atoms with Crippen molar-refractivity contribution in [3.8, 4) is 6.07 Å². The Bertz CT molecular complexity index is 442. The molecule has 1 heterocycles. The van der Waals surface area contributed by atoms with E-state index < -0.39 is 17.3 Å². The number of hydrogen-bond donors (Lipinski definition) is 0. The molecule has 0 aliphatic rings. The fraction of sp³-hybridized carbons (Fsp3) is 0.455. The Morgan fingerprint density at radius 3 is 2.12 bits per heavy atom. The van der Waals surface area contributed by atoms with Crippen molar-refractivity contribution in [3.63, 3.8) is 0 Å². The summed E-state index contributed by atoms with van der Waals surface area (Å²) >= 11 is 0. The zero-order valence-corrected chi connectivity index (χ0v) is 9.18. The molecule has 16 heavy (non-hydrogen) atoms. The van der Waals surface area contributed by atoms with Gasteiger partial charge < -0.3 is 0 Å². The summed E-state index contributed by atoms with van der Waals surface area (Å²) in [5.41, 5.74) is -1.39. The molecule has 0 unspecified atom stereocenters. The van der Waals surface area contributed by atoms with E-state index in [1.807, 2.05) is 6.07 Å². The van der Waals surface area contributed by atoms with Gasteiger partial charge in [-0.3, -0.25) is 0 Å². The second-order valence-electron chi connectivity index (χ2n) is 4.15. The minimum absolute atomic E-state index is 0.141. The number of aromatic nitrogens is 1. The van der Waals surface area contributed by atoms with Crippen LogP contribution in [0.2, 0.25) is 0 Å². The lowest BCUT2D eigenvalue weighted by Crippen LogP contribution is -2.19. The van der Waals surface area contributed by atoms with Gasteiger partial charge in [0.1, 0.15) is 5.69 Å². The maximum atomic E-state index is 12.5. The van der Waals surface area contributed by atoms with Crippen molar-refractivity contribution in [2.75, 3.05) is 0 Å². The highest BCUT2D eigenvalue weighted by Gasteiger charge is 2.34. The molecule has 1 aromatic rings. The van der Waals surface area contributed by atoms with Crippen LogP contribution in [0, 0.1) is 18.3 Å². The van der Waals surface area contributed by atoms with Gasteiger partial charge in [-0.15, -0.1) is 0 Å². The van der Waals surface area contributed by atoms with E-state index >= 15 is 0 Å². The van der Waals surface area contributed by atoms with Gasteiger partial charge in [0, 0.05) is 0 Å². The molecule has 0 aliphatic heterocycles. The van der Waals surface area contributed by atoms with Gasteiger partial charge in [0.25, 0.3) is 0 Å². The molecule has 0 radical (unpaired) electrons. The van der Waals surface area contributed by atoms with E-state index in [2.05, 4.69) is 4.98 Å². The molecular weight excluding hydrogens is 217 g/mol. The fourth-order valence-corrected chi connectivity index (χ4v) is 1.19. The van der Waals surface area contributed by atoms with Crippen LogP contribution >= 0.6 is 0 Å². The maximum absolute atomic E-state index is 12.5. The van der Waals surface area contributed by atoms with E-state index in [0.717, 1.165) is 6.07 Å². The summed E-state index contributed by atoms with van der Waals surface area (Å²) in [6.45, 7) is 4.62. The normalized spacial score (nSPS) is 12.3. The van der Waals surface area contributed by atoms with Gasteiger partial charge in [0.2, 0.25) is 0 Å². The number of nitriles is 1. The molecule has 0 N–H and O–H groups in total. The quantitative estimate of drug-likeness (QED) is 0.740. The molecule has 5 heteroatoms. The molecule has 2 nitrogen and oxygen atoms in total. The Hall–Kier alpha value is -1.57. The number of pyridine rings is 1. The molecule has 0 amide bonds. The van der Waals surface area contributed by atoms with Gasteiger partial charge in [0.05, 0.1) is 17.2 Å². The first-order chi connectivity index (χ1) is 7.16. The van der Waals surface area contributed by atoms with Crippen molar-refractivity contribution >= 4 is 0 Å². The molecule has 86 valence electrons. The van der Waals surface area contributed by atoms with Crippen molar-refractivity contribution in [1.82, 2.24) is 4.98 Å². The van der Waals surface area contributed by atoms with Crippen LogP contribution in [-0.2, 0) is 11.6 Å². The molecule has 0 spiro atoms. The van der Waals surface area contributed by atoms with Gasteiger partial charge >= 0.3 is 6.18 Å². The van der Waals surface area contributed by atoms with Crippen molar-refractivity contribution in [2.24, 2.45) is 0 Å². The minimum atomic E-state index is -4.48. The standard InChI is InChI=1S/C11H11F3N2/c1-7-4-8(10(2,3)6-15)16-9(5-7)11(12,13)14/h4-5H,1-3H3. The van der Waals surface area contributed by atoms with Crippen molar-refractivity contribution in [1.29, 1.82) is 5.26 Å². The number of aryl methyl sites for hydroxylation is 1. The van der Waals surface area contributed by atoms with Crippen LogP contribution in [0.15, 0.2) is 12.1 Å². The van der Waals surface area contributed by atoms with Gasteiger partial charge in [0.15, 0.2) is 0 Å². The largest absolute Gasteiger partial charge is 0.433 e. The summed E-state index contributed by atoms with van der Waals surface area (Å²) < 4.78 is 37.5. The van der Waals surface area contributed by atoms with E-state index in [1.54, 1.807) is 6.92 Å². The van der Waals surface area contributed by atoms with Crippen LogP contribution in [0.4, 0.5) is 13.2 Å². The lowest BCUT2D eigenvalue weighted by molar-refractivity contribution is -0.141. The number of nitrogens with zero attached hydrogens (tertiary/aromatic N) is 2. The van der Waals surface area contributed by atoms with Crippen LogP contribution in [0.1, 0.15) is 30.8 Å². The number of alkyl halides is 3. The predicted octanol–water partition coefficient (Wildman–Crippen LogP) is 3.21. The molecule has 0 aliphatic carbocycles. The molecule has 0 aromatic carbocycles. The second-order valence-corrected chi connectivity index (χ2v) is 4.15. The summed E-state index contributed by atoms with van der Waals surface area (Å²) in [6, 6.07) is 4.40. The van der Waals surface area contributed by atoms with Crippen LogP contribution in [0.25, 0.3) is 0 Å². The Kier molecular flexibility index (Phi) is 2.95. The highest BCUT2D eigenvalue weighted by Crippen LogP contribution is 2.30. The molecule has 0 saturated heterocycles. The van der Waals surface area contributed by atoms with Crippen LogP contribution in [0.3, 0.4) is 0 Å². The smallest absolute Gasteiger partial charge is 0.247 e. The predicted molar refractivity (Wildman–Crippen MR) is 52.6 cm³/mol. The Labute approximate surface area is 91.7 Å². The van der Waals surface area contributed by atoms with Crippen molar-refractivity contribution in [3.05, 3.63) is 29.1 Å². The molecule has 0 saturated carbocycles. The second kappa shape index (κ2) is 3.78. The Balaban J connectivity index is 3.36. The summed E-state index contributed by atoms with van der Waals surface area (Å²) in [6.07, 6.45) is -4.48. The average molecular weight is 228 g/mol. The van der Waals surface area contributed by atoms with Gasteiger partial charge in [-0.1, -0.05) is 0 Å². The summed E-state index contributed by atoms with van der Waals surface area (Å²) in [5.74, 6) is 0. The third-order valence-corrected chi connectivity index (χ3v) is 2.18. The topological polar surface area (TPSA) is 36.7 Å². The van der Waals surface area contributed by atoms with Crippen LogP contribution in [-0.4, -0.2) is 4.98 Å². The SMILES string of the molecule is Cc1cc(C(F)(F)F)nc(C(C)(C)C#N)c1. The minimum Gasteiger partial charge on any atom is -0.247 e. The van der Waals surface area contributed by atoms with Crippen LogP contribution in [0.5, 0.6) is 0 Å². The lowest BCUT2D eigenvalue weighted by Gasteiger charge is -2.17. The highest BCUT2D eigenvalue weighted by atomic mass is 19.4. The Morgan fingerprint density at radius 1 is 1.19 bits per heavy atom. The first-order valence-corrected chi connectivity index (χ1v) is 4.64. The van der Waals surface area contributed by atoms with Gasteiger partial charge in [-0.05, 0) is 38.5 Å². The molecular formula is C11H11F3N2. The van der Waals surface area contributed by atoms with E-state index in [4.69, 9.17) is 5.26 Å². The zero-order chi connectivity index (χ0) is 12.6. The highest BCUT2D eigenvalue weighted by molar-refractivity contribution is 5.30. The van der Waals surface area contributed by atoms with Crippen LogP contribution < -0.4 is 0 Å². The monoisotopic (exact) mass is 228 g/mol. The molecule has 0 fully saturated rings. The van der Waals surface area contributed by atoms with E-state index in [-0.39, 0.29) is 5.69 Å². The van der Waals surface area contributed by atoms with E-state index in [9.17, 15) is 13.2 Å². The number of halogens is 3. The summed E-state index contributed by atoms with van der Waals surface area (Å²) in [5, 5.41) is 8.86. The first-order valence-electron chi connectivity index (χ1n) is 4.64. The van der Waals surface area contributed by atoms with Crippen molar-refractivity contribution in [2.45, 2.75) is 32.4 Å². The van der Waals surface area contributed by atoms with Gasteiger partial charge in [-0.2, -0.15) is 18.4 Å². The third-order valence-electron chi connectivity index (χ3n) is 2.18. The Morgan fingerprint density at radius 2 is 1.69 bits per heavy atom. The van der Waals surface area contributed by atoms with Gasteiger partial charge in [-0.25, -0.2) is 4.98 Å². The molecule has 0 bridgehead atoms. The third kappa shape index (κ3) is 2.51. The van der Waals surface area contributed by atoms with E-state index in [1.165, 1.54) is 19.9 Å².